The Kier molecular flexibility index (Phi) is 4.87. The van der Waals surface area contributed by atoms with Crippen molar-refractivity contribution in [1.29, 1.82) is 0 Å². The van der Waals surface area contributed by atoms with Gasteiger partial charge in [0.1, 0.15) is 5.75 Å². The molecule has 2 aromatic rings. The molecule has 2 aromatic carbocycles. The number of hydrogen-bond donors (Lipinski definition) is 1. The molecule has 3 nitrogen and oxygen atoms in total. The summed E-state index contributed by atoms with van der Waals surface area (Å²) >= 11 is 5.83. The Morgan fingerprint density at radius 3 is 2.43 bits per heavy atom. The number of halogens is 1. The quantitative estimate of drug-likeness (QED) is 0.858. The van der Waals surface area contributed by atoms with Crippen molar-refractivity contribution in [2.75, 3.05) is 6.61 Å². The maximum Gasteiger partial charge on any atom is 0.258 e. The average molecular weight is 330 g/mol. The highest BCUT2D eigenvalue weighted by atomic mass is 35.5. The second-order valence-corrected chi connectivity index (χ2v) is 6.47. The number of nitrogens with one attached hydrogen (secondary N) is 1. The van der Waals surface area contributed by atoms with Crippen LogP contribution in [0.4, 0.5) is 0 Å². The molecule has 1 aliphatic carbocycles. The van der Waals surface area contributed by atoms with Gasteiger partial charge in [-0.05, 0) is 55.5 Å². The first kappa shape index (κ1) is 15.9. The highest BCUT2D eigenvalue weighted by Crippen LogP contribution is 2.41. The van der Waals surface area contributed by atoms with Crippen molar-refractivity contribution in [3.63, 3.8) is 0 Å². The van der Waals surface area contributed by atoms with Crippen molar-refractivity contribution in [3.05, 3.63) is 64.7 Å². The zero-order chi connectivity index (χ0) is 16.2. The summed E-state index contributed by atoms with van der Waals surface area (Å²) in [5.41, 5.74) is 2.39. The van der Waals surface area contributed by atoms with Crippen LogP contribution in [-0.2, 0) is 4.79 Å². The number of carbonyl (C=O) groups excluding carboxylic acids is 1. The molecule has 0 radical (unpaired) electrons. The van der Waals surface area contributed by atoms with Gasteiger partial charge in [-0.25, -0.2) is 0 Å². The fourth-order valence-corrected chi connectivity index (χ4v) is 2.70. The second-order valence-electron chi connectivity index (χ2n) is 6.04. The highest BCUT2D eigenvalue weighted by molar-refractivity contribution is 6.30. The van der Waals surface area contributed by atoms with Gasteiger partial charge < -0.3 is 10.1 Å². The van der Waals surface area contributed by atoms with Crippen molar-refractivity contribution >= 4 is 17.5 Å². The van der Waals surface area contributed by atoms with Crippen molar-refractivity contribution in [3.8, 4) is 5.75 Å². The predicted molar refractivity (Wildman–Crippen MR) is 91.7 cm³/mol. The Morgan fingerprint density at radius 1 is 1.17 bits per heavy atom. The van der Waals surface area contributed by atoms with Crippen molar-refractivity contribution in [1.82, 2.24) is 5.32 Å². The third kappa shape index (κ3) is 4.49. The molecule has 23 heavy (non-hydrogen) atoms. The summed E-state index contributed by atoms with van der Waals surface area (Å²) in [5, 5.41) is 3.75. The Balaban J connectivity index is 1.58. The molecule has 0 aliphatic heterocycles. The Hall–Kier alpha value is -2.00. The van der Waals surface area contributed by atoms with E-state index >= 15 is 0 Å². The minimum absolute atomic E-state index is 0.0106. The molecule has 0 spiro atoms. The van der Waals surface area contributed by atoms with E-state index in [1.54, 1.807) is 24.3 Å². The SMILES string of the molecule is Cc1ccc([C@@H](NC(=O)COc2ccc(Cl)cc2)C2CC2)cc1. The number of ether oxygens (including phenoxy) is 1. The van der Waals surface area contributed by atoms with Gasteiger partial charge in [0.15, 0.2) is 6.61 Å². The third-order valence-electron chi connectivity index (χ3n) is 4.03. The minimum atomic E-state index is -0.0996. The Bertz CT molecular complexity index is 663. The molecule has 120 valence electrons. The third-order valence-corrected chi connectivity index (χ3v) is 4.28. The Morgan fingerprint density at radius 2 is 1.83 bits per heavy atom. The van der Waals surface area contributed by atoms with E-state index in [2.05, 4.69) is 36.5 Å². The number of amides is 1. The molecule has 0 saturated heterocycles. The molecule has 4 heteroatoms. The molecule has 1 aliphatic rings. The fraction of sp³-hybridized carbons (Fsp3) is 0.316. The van der Waals surface area contributed by atoms with Crippen LogP contribution in [0.15, 0.2) is 48.5 Å². The van der Waals surface area contributed by atoms with Gasteiger partial charge in [-0.3, -0.25) is 4.79 Å². The summed E-state index contributed by atoms with van der Waals surface area (Å²) in [6, 6.07) is 15.4. The summed E-state index contributed by atoms with van der Waals surface area (Å²) in [7, 11) is 0. The number of benzene rings is 2. The smallest absolute Gasteiger partial charge is 0.258 e. The molecule has 1 saturated carbocycles. The van der Waals surface area contributed by atoms with Crippen LogP contribution in [0.1, 0.15) is 30.0 Å². The fourth-order valence-electron chi connectivity index (χ4n) is 2.57. The molecule has 3 rings (SSSR count). The minimum Gasteiger partial charge on any atom is -0.484 e. The van der Waals surface area contributed by atoms with Crippen molar-refractivity contribution in [2.24, 2.45) is 5.92 Å². The van der Waals surface area contributed by atoms with Crippen LogP contribution in [-0.4, -0.2) is 12.5 Å². The zero-order valence-electron chi connectivity index (χ0n) is 13.1. The van der Waals surface area contributed by atoms with E-state index in [-0.39, 0.29) is 18.6 Å². The monoisotopic (exact) mass is 329 g/mol. The number of aryl methyl sites for hydroxylation is 1. The first-order valence-corrected chi connectivity index (χ1v) is 8.24. The lowest BCUT2D eigenvalue weighted by atomic mass is 10.0. The second kappa shape index (κ2) is 7.05. The molecule has 0 aromatic heterocycles. The van der Waals surface area contributed by atoms with Gasteiger partial charge in [0, 0.05) is 5.02 Å². The first-order valence-electron chi connectivity index (χ1n) is 7.86. The van der Waals surface area contributed by atoms with E-state index in [1.165, 1.54) is 5.56 Å². The van der Waals surface area contributed by atoms with Gasteiger partial charge >= 0.3 is 0 Å². The molecule has 1 N–H and O–H groups in total. The molecular weight excluding hydrogens is 310 g/mol. The van der Waals surface area contributed by atoms with E-state index in [0.717, 1.165) is 18.4 Å². The van der Waals surface area contributed by atoms with Crippen LogP contribution in [0.3, 0.4) is 0 Å². The van der Waals surface area contributed by atoms with Gasteiger partial charge in [0.25, 0.3) is 5.91 Å². The predicted octanol–water partition coefficient (Wildman–Crippen LogP) is 4.29. The molecule has 1 atom stereocenters. The van der Waals surface area contributed by atoms with Crippen LogP contribution in [0.2, 0.25) is 5.02 Å². The maximum atomic E-state index is 12.2. The van der Waals surface area contributed by atoms with E-state index in [9.17, 15) is 4.79 Å². The van der Waals surface area contributed by atoms with Gasteiger partial charge in [-0.2, -0.15) is 0 Å². The van der Waals surface area contributed by atoms with E-state index in [4.69, 9.17) is 16.3 Å². The van der Waals surface area contributed by atoms with Crippen LogP contribution in [0, 0.1) is 12.8 Å². The molecule has 0 bridgehead atoms. The standard InChI is InChI=1S/C19H20ClNO2/c1-13-2-4-14(5-3-13)19(15-6-7-15)21-18(22)12-23-17-10-8-16(20)9-11-17/h2-5,8-11,15,19H,6-7,12H2,1H3,(H,21,22)/t19-/m1/s1. The van der Waals surface area contributed by atoms with Crippen molar-refractivity contribution in [2.45, 2.75) is 25.8 Å². The molecule has 0 heterocycles. The summed E-state index contributed by atoms with van der Waals surface area (Å²) in [6.07, 6.45) is 2.33. The highest BCUT2D eigenvalue weighted by Gasteiger charge is 2.33. The van der Waals surface area contributed by atoms with Gasteiger partial charge in [-0.1, -0.05) is 41.4 Å². The van der Waals surface area contributed by atoms with Gasteiger partial charge in [-0.15, -0.1) is 0 Å². The summed E-state index contributed by atoms with van der Waals surface area (Å²) < 4.78 is 5.51. The summed E-state index contributed by atoms with van der Waals surface area (Å²) in [5.74, 6) is 1.08. The molecular formula is C19H20ClNO2. The van der Waals surface area contributed by atoms with Crippen LogP contribution >= 0.6 is 11.6 Å². The van der Waals surface area contributed by atoms with Gasteiger partial charge in [0.2, 0.25) is 0 Å². The number of rotatable bonds is 6. The van der Waals surface area contributed by atoms with E-state index < -0.39 is 0 Å². The number of hydrogen-bond acceptors (Lipinski definition) is 2. The lowest BCUT2D eigenvalue weighted by Crippen LogP contribution is -2.33. The topological polar surface area (TPSA) is 38.3 Å². The van der Waals surface area contributed by atoms with Crippen LogP contribution in [0.25, 0.3) is 0 Å². The van der Waals surface area contributed by atoms with Crippen molar-refractivity contribution < 1.29 is 9.53 Å². The molecule has 1 fully saturated rings. The largest absolute Gasteiger partial charge is 0.484 e. The average Bonchev–Trinajstić information content (AvgIpc) is 3.38. The van der Waals surface area contributed by atoms with E-state index in [0.29, 0.717) is 16.7 Å². The lowest BCUT2D eigenvalue weighted by Gasteiger charge is -2.19. The normalized spacial score (nSPS) is 15.0. The molecule has 1 amide bonds. The summed E-state index contributed by atoms with van der Waals surface area (Å²) in [6.45, 7) is 2.07. The summed E-state index contributed by atoms with van der Waals surface area (Å²) in [4.78, 5) is 12.2. The first-order chi connectivity index (χ1) is 11.1. The zero-order valence-corrected chi connectivity index (χ0v) is 13.8. The van der Waals surface area contributed by atoms with Crippen LogP contribution in [0.5, 0.6) is 5.75 Å². The maximum absolute atomic E-state index is 12.2. The number of carbonyl (C=O) groups is 1. The lowest BCUT2D eigenvalue weighted by molar-refractivity contribution is -0.124. The van der Waals surface area contributed by atoms with Crippen LogP contribution < -0.4 is 10.1 Å². The van der Waals surface area contributed by atoms with E-state index in [1.807, 2.05) is 0 Å². The Labute approximate surface area is 141 Å². The van der Waals surface area contributed by atoms with Gasteiger partial charge in [0.05, 0.1) is 6.04 Å². The molecule has 0 unspecified atom stereocenters.